The summed E-state index contributed by atoms with van der Waals surface area (Å²) in [6.45, 7) is 3.43. The van der Waals surface area contributed by atoms with Gasteiger partial charge in [-0.05, 0) is 75.7 Å². The van der Waals surface area contributed by atoms with Crippen LogP contribution >= 0.6 is 0 Å². The van der Waals surface area contributed by atoms with Crippen LogP contribution in [0.5, 0.6) is 0 Å². The van der Waals surface area contributed by atoms with Crippen molar-refractivity contribution >= 4 is 29.1 Å². The normalized spacial score (nSPS) is 21.3. The lowest BCUT2D eigenvalue weighted by Gasteiger charge is -2.36. The van der Waals surface area contributed by atoms with Crippen molar-refractivity contribution in [3.05, 3.63) is 24.3 Å². The predicted octanol–water partition coefficient (Wildman–Crippen LogP) is 2.91. The first-order valence-electron chi connectivity index (χ1n) is 11.8. The Morgan fingerprint density at radius 3 is 2.45 bits per heavy atom. The Hall–Kier alpha value is -2.41. The van der Waals surface area contributed by atoms with Gasteiger partial charge in [0.05, 0.1) is 0 Å². The highest BCUT2D eigenvalue weighted by atomic mass is 16.2. The number of piperidine rings is 2. The highest BCUT2D eigenvalue weighted by Crippen LogP contribution is 2.28. The largest absolute Gasteiger partial charge is 0.348 e. The molecule has 2 heterocycles. The van der Waals surface area contributed by atoms with Crippen molar-refractivity contribution in [3.63, 3.8) is 0 Å². The summed E-state index contributed by atoms with van der Waals surface area (Å²) in [6, 6.07) is 7.91. The number of nitrogens with one attached hydrogen (secondary N) is 2. The maximum atomic E-state index is 12.4. The molecule has 31 heavy (non-hydrogen) atoms. The van der Waals surface area contributed by atoms with E-state index in [0.717, 1.165) is 50.5 Å². The molecule has 0 spiro atoms. The quantitative estimate of drug-likeness (QED) is 0.710. The second kappa shape index (κ2) is 10.3. The van der Waals surface area contributed by atoms with Crippen LogP contribution in [0.4, 0.5) is 11.4 Å². The lowest BCUT2D eigenvalue weighted by atomic mass is 9.95. The Morgan fingerprint density at radius 1 is 0.935 bits per heavy atom. The minimum absolute atomic E-state index is 0.103. The summed E-state index contributed by atoms with van der Waals surface area (Å²) in [5.41, 5.74) is 1.29. The zero-order valence-corrected chi connectivity index (χ0v) is 18.3. The van der Waals surface area contributed by atoms with E-state index >= 15 is 0 Å². The molecule has 0 unspecified atom stereocenters. The fourth-order valence-electron chi connectivity index (χ4n) is 5.13. The van der Waals surface area contributed by atoms with Gasteiger partial charge in [0.15, 0.2) is 0 Å². The molecule has 1 aromatic carbocycles. The fraction of sp³-hybridized carbons (Fsp3) is 0.625. The smallest absolute Gasteiger partial charge is 0.313 e. The number of likely N-dealkylation sites (tertiary alicyclic amines) is 1. The van der Waals surface area contributed by atoms with Crippen LogP contribution in [-0.2, 0) is 14.4 Å². The number of carbonyl (C=O) groups excluding carboxylic acids is 3. The number of hydrogen-bond acceptors (Lipinski definition) is 4. The van der Waals surface area contributed by atoms with Crippen LogP contribution in [0, 0.1) is 5.92 Å². The first kappa shape index (κ1) is 21.8. The predicted molar refractivity (Wildman–Crippen MR) is 121 cm³/mol. The van der Waals surface area contributed by atoms with Crippen molar-refractivity contribution < 1.29 is 14.4 Å². The first-order valence-corrected chi connectivity index (χ1v) is 11.8. The monoisotopic (exact) mass is 426 g/mol. The third-order valence-electron chi connectivity index (χ3n) is 6.99. The number of hydrogen-bond donors (Lipinski definition) is 2. The maximum Gasteiger partial charge on any atom is 0.313 e. The topological polar surface area (TPSA) is 81.8 Å². The van der Waals surface area contributed by atoms with Gasteiger partial charge >= 0.3 is 11.8 Å². The van der Waals surface area contributed by atoms with E-state index in [1.807, 2.05) is 6.07 Å². The Morgan fingerprint density at radius 2 is 1.71 bits per heavy atom. The van der Waals surface area contributed by atoms with Gasteiger partial charge in [-0.3, -0.25) is 14.4 Å². The molecule has 0 bridgehead atoms. The van der Waals surface area contributed by atoms with Crippen LogP contribution in [-0.4, -0.2) is 54.8 Å². The van der Waals surface area contributed by atoms with E-state index in [9.17, 15) is 14.4 Å². The van der Waals surface area contributed by atoms with E-state index in [2.05, 4.69) is 15.5 Å². The number of carbonyl (C=O) groups is 3. The lowest BCUT2D eigenvalue weighted by molar-refractivity contribution is -0.136. The van der Waals surface area contributed by atoms with Crippen molar-refractivity contribution in [2.75, 3.05) is 36.4 Å². The van der Waals surface area contributed by atoms with Crippen LogP contribution in [0.1, 0.15) is 57.8 Å². The number of nitrogens with zero attached hydrogens (tertiary/aromatic N) is 2. The molecule has 0 aromatic heterocycles. The Kier molecular flexibility index (Phi) is 7.22. The summed E-state index contributed by atoms with van der Waals surface area (Å²) in [7, 11) is 0. The molecule has 7 heteroatoms. The molecule has 0 atom stereocenters. The first-order chi connectivity index (χ1) is 15.1. The van der Waals surface area contributed by atoms with Crippen LogP contribution < -0.4 is 15.5 Å². The van der Waals surface area contributed by atoms with Gasteiger partial charge in [0.2, 0.25) is 5.91 Å². The summed E-state index contributed by atoms with van der Waals surface area (Å²) >= 11 is 0. The van der Waals surface area contributed by atoms with Crippen LogP contribution in [0.15, 0.2) is 24.3 Å². The van der Waals surface area contributed by atoms with E-state index in [0.29, 0.717) is 31.1 Å². The van der Waals surface area contributed by atoms with Crippen LogP contribution in [0.2, 0.25) is 0 Å². The van der Waals surface area contributed by atoms with E-state index in [-0.39, 0.29) is 5.91 Å². The second-order valence-electron chi connectivity index (χ2n) is 9.13. The molecular weight excluding hydrogens is 392 g/mol. The number of anilines is 2. The zero-order chi connectivity index (χ0) is 21.6. The molecule has 3 amide bonds. The van der Waals surface area contributed by atoms with Crippen molar-refractivity contribution in [1.82, 2.24) is 10.2 Å². The third-order valence-corrected chi connectivity index (χ3v) is 6.99. The average molecular weight is 427 g/mol. The molecule has 1 aliphatic carbocycles. The average Bonchev–Trinajstić information content (AvgIpc) is 3.33. The second-order valence-corrected chi connectivity index (χ2v) is 9.13. The molecule has 3 aliphatic rings. The molecular formula is C24H34N4O3. The highest BCUT2D eigenvalue weighted by molar-refractivity contribution is 6.39. The Bertz CT molecular complexity index is 798. The Balaban J connectivity index is 1.22. The SMILES string of the molecule is O=C(NCC1CCN(C2CCCC2)CC1)C(=O)Nc1cccc(N2CCCCC2=O)c1. The van der Waals surface area contributed by atoms with Gasteiger partial charge in [0, 0.05) is 36.9 Å². The van der Waals surface area contributed by atoms with Gasteiger partial charge in [-0.25, -0.2) is 0 Å². The minimum Gasteiger partial charge on any atom is -0.348 e. The van der Waals surface area contributed by atoms with E-state index < -0.39 is 11.8 Å². The number of amides is 3. The molecule has 4 rings (SSSR count). The fourth-order valence-corrected chi connectivity index (χ4v) is 5.13. The zero-order valence-electron chi connectivity index (χ0n) is 18.3. The van der Waals surface area contributed by atoms with Gasteiger partial charge in [-0.1, -0.05) is 18.9 Å². The van der Waals surface area contributed by atoms with Crippen LogP contribution in [0.25, 0.3) is 0 Å². The molecule has 2 aliphatic heterocycles. The summed E-state index contributed by atoms with van der Waals surface area (Å²) in [6.07, 6.45) is 9.96. The summed E-state index contributed by atoms with van der Waals surface area (Å²) in [5.74, 6) is -0.725. The van der Waals surface area contributed by atoms with Gasteiger partial charge in [0.25, 0.3) is 0 Å². The number of rotatable bonds is 5. The molecule has 1 saturated carbocycles. The third kappa shape index (κ3) is 5.64. The standard InChI is InChI=1S/C24H34N4O3/c29-22-10-3-4-13-28(22)21-9-5-6-19(16-21)26-24(31)23(30)25-17-18-11-14-27(15-12-18)20-7-1-2-8-20/h5-6,9,16,18,20H,1-4,7-8,10-15,17H2,(H,25,30)(H,26,31). The lowest BCUT2D eigenvalue weighted by Crippen LogP contribution is -2.44. The van der Waals surface area contributed by atoms with Gasteiger partial charge in [-0.15, -0.1) is 0 Å². The van der Waals surface area contributed by atoms with E-state index in [1.165, 1.54) is 25.7 Å². The summed E-state index contributed by atoms with van der Waals surface area (Å²) < 4.78 is 0. The van der Waals surface area contributed by atoms with Crippen molar-refractivity contribution in [2.24, 2.45) is 5.92 Å². The Labute approximate surface area is 184 Å². The highest BCUT2D eigenvalue weighted by Gasteiger charge is 2.27. The summed E-state index contributed by atoms with van der Waals surface area (Å²) in [5, 5.41) is 5.48. The molecule has 168 valence electrons. The van der Waals surface area contributed by atoms with Gasteiger partial charge < -0.3 is 20.4 Å². The van der Waals surface area contributed by atoms with E-state index in [4.69, 9.17) is 0 Å². The molecule has 7 nitrogen and oxygen atoms in total. The van der Waals surface area contributed by atoms with Crippen molar-refractivity contribution in [2.45, 2.75) is 63.8 Å². The van der Waals surface area contributed by atoms with Crippen molar-refractivity contribution in [3.8, 4) is 0 Å². The van der Waals surface area contributed by atoms with Gasteiger partial charge in [0.1, 0.15) is 0 Å². The molecule has 2 saturated heterocycles. The van der Waals surface area contributed by atoms with Gasteiger partial charge in [-0.2, -0.15) is 0 Å². The minimum atomic E-state index is -0.662. The molecule has 0 radical (unpaired) electrons. The number of benzene rings is 1. The van der Waals surface area contributed by atoms with Crippen molar-refractivity contribution in [1.29, 1.82) is 0 Å². The summed E-state index contributed by atoms with van der Waals surface area (Å²) in [4.78, 5) is 41.1. The maximum absolute atomic E-state index is 12.4. The van der Waals surface area contributed by atoms with Crippen LogP contribution in [0.3, 0.4) is 0 Å². The van der Waals surface area contributed by atoms with E-state index in [1.54, 1.807) is 23.1 Å². The molecule has 3 fully saturated rings. The molecule has 2 N–H and O–H groups in total. The molecule has 1 aromatic rings.